The summed E-state index contributed by atoms with van der Waals surface area (Å²) in [7, 11) is 2.01. The van der Waals surface area contributed by atoms with Crippen LogP contribution < -0.4 is 14.4 Å². The molecule has 2 aromatic carbocycles. The number of carbonyl (C=O) groups is 1. The molecule has 1 aromatic heterocycles. The van der Waals surface area contributed by atoms with E-state index in [-0.39, 0.29) is 51.4 Å². The Morgan fingerprint density at radius 2 is 1.81 bits per heavy atom. The Balaban J connectivity index is 1.48. The number of fused-ring (bicyclic) bond motifs is 1. The van der Waals surface area contributed by atoms with Crippen LogP contribution >= 0.6 is 0 Å². The van der Waals surface area contributed by atoms with Crippen LogP contribution in [0.25, 0.3) is 28.1 Å². The van der Waals surface area contributed by atoms with Crippen molar-refractivity contribution < 1.29 is 36.9 Å². The topological polar surface area (TPSA) is 91.3 Å². The van der Waals surface area contributed by atoms with Crippen molar-refractivity contribution in [3.63, 3.8) is 0 Å². The van der Waals surface area contributed by atoms with Gasteiger partial charge in [-0.2, -0.15) is 23.1 Å². The van der Waals surface area contributed by atoms with Crippen molar-refractivity contribution in [1.82, 2.24) is 19.8 Å². The van der Waals surface area contributed by atoms with E-state index >= 15 is 4.39 Å². The van der Waals surface area contributed by atoms with Gasteiger partial charge in [0.2, 0.25) is 5.91 Å². The predicted octanol–water partition coefficient (Wildman–Crippen LogP) is 5.81. The van der Waals surface area contributed by atoms with E-state index in [4.69, 9.17) is 14.5 Å². The Hall–Kier alpha value is -4.39. The lowest BCUT2D eigenvalue weighted by molar-refractivity contribution is -0.153. The summed E-state index contributed by atoms with van der Waals surface area (Å²) in [4.78, 5) is 27.5. The lowest BCUT2D eigenvalue weighted by Gasteiger charge is -2.54. The minimum Gasteiger partial charge on any atom is -0.507 e. The molecule has 3 saturated heterocycles. The highest BCUT2D eigenvalue weighted by Crippen LogP contribution is 2.48. The number of phenolic OH excluding ortho intramolecular Hbond substituents is 1. The Kier molecular flexibility index (Phi) is 8.77. The van der Waals surface area contributed by atoms with Gasteiger partial charge in [0.1, 0.15) is 29.0 Å². The number of hydrogen-bond acceptors (Lipinski definition) is 8. The number of ether oxygens (including phenoxy) is 2. The molecule has 13 heteroatoms. The highest BCUT2D eigenvalue weighted by Gasteiger charge is 2.46. The number of anilines is 1. The number of aromatic nitrogens is 2. The molecule has 47 heavy (non-hydrogen) atoms. The van der Waals surface area contributed by atoms with Gasteiger partial charge in [-0.1, -0.05) is 25.3 Å². The molecule has 3 aromatic rings. The molecule has 9 nitrogen and oxygen atoms in total. The summed E-state index contributed by atoms with van der Waals surface area (Å²) >= 11 is 0. The lowest BCUT2D eigenvalue weighted by atomic mass is 9.72. The average molecular weight is 656 g/mol. The number of benzene rings is 2. The zero-order valence-electron chi connectivity index (χ0n) is 26.2. The molecule has 0 bridgehead atoms. The van der Waals surface area contributed by atoms with Crippen LogP contribution in [0, 0.1) is 11.2 Å². The van der Waals surface area contributed by atoms with E-state index < -0.39 is 24.3 Å². The summed E-state index contributed by atoms with van der Waals surface area (Å²) in [5, 5.41) is 11.1. The molecule has 0 saturated carbocycles. The summed E-state index contributed by atoms with van der Waals surface area (Å²) < 4.78 is 68.0. The molecule has 4 heterocycles. The van der Waals surface area contributed by atoms with Gasteiger partial charge in [-0.05, 0) is 62.6 Å². The van der Waals surface area contributed by atoms with Crippen molar-refractivity contribution in [3.05, 3.63) is 54.9 Å². The minimum atomic E-state index is -4.72. The molecule has 3 aliphatic heterocycles. The highest BCUT2D eigenvalue weighted by atomic mass is 19.4. The van der Waals surface area contributed by atoms with E-state index in [9.17, 15) is 23.1 Å². The molecule has 0 radical (unpaired) electrons. The molecule has 3 fully saturated rings. The predicted molar refractivity (Wildman–Crippen MR) is 170 cm³/mol. The number of aromatic hydroxyl groups is 1. The van der Waals surface area contributed by atoms with Gasteiger partial charge in [-0.25, -0.2) is 4.39 Å². The van der Waals surface area contributed by atoms with Crippen LogP contribution in [0.15, 0.2) is 43.5 Å². The van der Waals surface area contributed by atoms with Crippen molar-refractivity contribution in [3.8, 4) is 28.6 Å². The van der Waals surface area contributed by atoms with Gasteiger partial charge in [0.25, 0.3) is 0 Å². The SMILES string of the molecule is C=CC(=O)N1CC2(CCN(c3nc(OC4CCN(C)CC4)nc4c(OCC(F)(F)F)c(-c5c(O)cccc5F)c(C=C)cc34)CC2)C1. The summed E-state index contributed by atoms with van der Waals surface area (Å²) in [5.74, 6) is -1.36. The summed E-state index contributed by atoms with van der Waals surface area (Å²) in [5.41, 5.74) is -0.245. The molecule has 6 rings (SSSR count). The molecule has 0 unspecified atom stereocenters. The molecule has 1 spiro atoms. The fraction of sp³-hybridized carbons (Fsp3) is 0.441. The third-order valence-corrected chi connectivity index (χ3v) is 9.38. The second kappa shape index (κ2) is 12.7. The molecule has 1 amide bonds. The molecule has 1 N–H and O–H groups in total. The van der Waals surface area contributed by atoms with Crippen LogP contribution in [0.5, 0.6) is 17.5 Å². The van der Waals surface area contributed by atoms with Crippen LogP contribution in [-0.4, -0.2) is 96.0 Å². The zero-order valence-corrected chi connectivity index (χ0v) is 26.2. The Morgan fingerprint density at radius 1 is 1.11 bits per heavy atom. The lowest BCUT2D eigenvalue weighted by Crippen LogP contribution is -2.61. The number of halogens is 4. The number of piperidine rings is 2. The fourth-order valence-corrected chi connectivity index (χ4v) is 6.80. The first-order valence-electron chi connectivity index (χ1n) is 15.6. The van der Waals surface area contributed by atoms with E-state index in [1.165, 1.54) is 24.3 Å². The van der Waals surface area contributed by atoms with Crippen molar-refractivity contribution in [2.75, 3.05) is 57.8 Å². The van der Waals surface area contributed by atoms with E-state index in [2.05, 4.69) is 23.0 Å². The van der Waals surface area contributed by atoms with E-state index in [1.54, 1.807) is 11.0 Å². The molecule has 3 aliphatic rings. The quantitative estimate of drug-likeness (QED) is 0.240. The van der Waals surface area contributed by atoms with Gasteiger partial charge in [0.05, 0.1) is 5.56 Å². The highest BCUT2D eigenvalue weighted by molar-refractivity contribution is 6.02. The molecule has 250 valence electrons. The number of rotatable bonds is 8. The maximum atomic E-state index is 15.3. The van der Waals surface area contributed by atoms with Gasteiger partial charge < -0.3 is 29.3 Å². The van der Waals surface area contributed by atoms with Crippen LogP contribution in [0.2, 0.25) is 0 Å². The molecule has 0 atom stereocenters. The number of phenols is 1. The number of nitrogens with zero attached hydrogens (tertiary/aromatic N) is 5. The fourth-order valence-electron chi connectivity index (χ4n) is 6.80. The van der Waals surface area contributed by atoms with Crippen LogP contribution in [-0.2, 0) is 4.79 Å². The summed E-state index contributed by atoms with van der Waals surface area (Å²) in [6.07, 6.45) is 0.686. The third kappa shape index (κ3) is 6.58. The first kappa shape index (κ1) is 32.5. The second-order valence-corrected chi connectivity index (χ2v) is 12.6. The van der Waals surface area contributed by atoms with Gasteiger partial charge in [0.15, 0.2) is 12.4 Å². The van der Waals surface area contributed by atoms with Crippen LogP contribution in [0.4, 0.5) is 23.4 Å². The van der Waals surface area contributed by atoms with E-state index in [0.717, 1.165) is 32.0 Å². The largest absolute Gasteiger partial charge is 0.507 e. The summed E-state index contributed by atoms with van der Waals surface area (Å²) in [6.45, 7) is 9.71. The normalized spacial score (nSPS) is 18.7. The Bertz CT molecular complexity index is 1670. The zero-order chi connectivity index (χ0) is 33.5. The van der Waals surface area contributed by atoms with Gasteiger partial charge in [-0.3, -0.25) is 4.79 Å². The summed E-state index contributed by atoms with van der Waals surface area (Å²) in [6, 6.07) is 5.26. The second-order valence-electron chi connectivity index (χ2n) is 12.6. The molecule has 0 aliphatic carbocycles. The van der Waals surface area contributed by atoms with Crippen molar-refractivity contribution in [2.45, 2.75) is 38.0 Å². The van der Waals surface area contributed by atoms with Crippen molar-refractivity contribution >= 4 is 28.7 Å². The van der Waals surface area contributed by atoms with Crippen molar-refractivity contribution in [1.29, 1.82) is 0 Å². The van der Waals surface area contributed by atoms with E-state index in [0.29, 0.717) is 50.2 Å². The molecular weight excluding hydrogens is 618 g/mol. The van der Waals surface area contributed by atoms with Crippen LogP contribution in [0.3, 0.4) is 0 Å². The first-order chi connectivity index (χ1) is 22.4. The maximum absolute atomic E-state index is 15.3. The first-order valence-corrected chi connectivity index (χ1v) is 15.6. The monoisotopic (exact) mass is 655 g/mol. The van der Waals surface area contributed by atoms with E-state index in [1.807, 2.05) is 11.9 Å². The van der Waals surface area contributed by atoms with Gasteiger partial charge >= 0.3 is 12.2 Å². The Labute approximate surface area is 270 Å². The van der Waals surface area contributed by atoms with Crippen LogP contribution in [0.1, 0.15) is 31.2 Å². The van der Waals surface area contributed by atoms with Gasteiger partial charge in [-0.15, -0.1) is 0 Å². The number of hydrogen-bond donors (Lipinski definition) is 1. The molecular formula is C34H37F4N5O4. The Morgan fingerprint density at radius 3 is 2.43 bits per heavy atom. The smallest absolute Gasteiger partial charge is 0.422 e. The number of alkyl halides is 3. The number of likely N-dealkylation sites (tertiary alicyclic amines) is 2. The minimum absolute atomic E-state index is 0.00267. The maximum Gasteiger partial charge on any atom is 0.422 e. The number of carbonyl (C=O) groups excluding carboxylic acids is 1. The standard InChI is InChI=1S/C34H37F4N5O4/c1-4-21-17-23-29(30(46-20-34(36,37)38)27(21)28-24(35)7-6-8-25(28)44)39-32(47-22-9-13-41(3)14-10-22)40-31(23)42-15-11-33(12-16-42)18-43(19-33)26(45)5-2/h4-8,17,22,44H,1-2,9-16,18-20H2,3H3. The van der Waals surface area contributed by atoms with Crippen molar-refractivity contribution in [2.24, 2.45) is 5.41 Å². The average Bonchev–Trinajstić information content (AvgIpc) is 3.02. The van der Waals surface area contributed by atoms with Gasteiger partial charge in [0, 0.05) is 55.6 Å². The number of amides is 1. The third-order valence-electron chi connectivity index (χ3n) is 9.38.